The Balaban J connectivity index is 1.25. The lowest BCUT2D eigenvalue weighted by molar-refractivity contribution is 0.0342. The molecule has 0 saturated carbocycles. The molecule has 2 aromatic carbocycles. The van der Waals surface area contributed by atoms with Gasteiger partial charge in [-0.05, 0) is 59.7 Å². The Morgan fingerprint density at radius 2 is 1.85 bits per heavy atom. The highest BCUT2D eigenvalue weighted by atomic mass is 16.5. The molecular weight excluding hydrogens is 414 g/mol. The molecule has 3 aromatic rings. The molecule has 0 radical (unpaired) electrons. The SMILES string of the molecule is O=c1[nH]cnc(CC2CCc3cc(C#Cc4ccc(CN5CCOCC5)cc4)ccc32)c1O. The van der Waals surface area contributed by atoms with E-state index in [2.05, 4.69) is 69.2 Å². The number of morpholine rings is 1. The number of aryl methyl sites for hydroxylation is 1. The quantitative estimate of drug-likeness (QED) is 0.609. The maximum absolute atomic E-state index is 11.6. The Labute approximate surface area is 193 Å². The standard InChI is InChI=1S/C27H27N3O3/c31-26-25(28-18-29-27(26)32)16-23-9-8-22-15-20(7-10-24(22)23)4-1-19-2-5-21(6-3-19)17-30-11-13-33-14-12-30/h2-3,5-7,10,15,18,23,31H,8-9,11-14,16-17H2,(H,28,29,32). The third-order valence-electron chi connectivity index (χ3n) is 6.50. The smallest absolute Gasteiger partial charge is 0.293 e. The molecule has 0 bridgehead atoms. The second kappa shape index (κ2) is 9.62. The lowest BCUT2D eigenvalue weighted by Crippen LogP contribution is -2.35. The van der Waals surface area contributed by atoms with Gasteiger partial charge in [-0.3, -0.25) is 9.69 Å². The molecule has 33 heavy (non-hydrogen) atoms. The van der Waals surface area contributed by atoms with Crippen LogP contribution in [0.2, 0.25) is 0 Å². The van der Waals surface area contributed by atoms with Crippen LogP contribution in [0, 0.1) is 11.8 Å². The predicted molar refractivity (Wildman–Crippen MR) is 126 cm³/mol. The predicted octanol–water partition coefficient (Wildman–Crippen LogP) is 2.98. The molecule has 6 heteroatoms. The molecule has 1 aliphatic carbocycles. The summed E-state index contributed by atoms with van der Waals surface area (Å²) in [6, 6.07) is 14.9. The summed E-state index contributed by atoms with van der Waals surface area (Å²) in [5.41, 5.74) is 5.83. The average Bonchev–Trinajstić information content (AvgIpc) is 3.24. The minimum Gasteiger partial charge on any atom is -0.502 e. The van der Waals surface area contributed by atoms with Crippen molar-refractivity contribution in [2.24, 2.45) is 0 Å². The van der Waals surface area contributed by atoms with E-state index >= 15 is 0 Å². The third kappa shape index (κ3) is 5.00. The van der Waals surface area contributed by atoms with Crippen LogP contribution >= 0.6 is 0 Å². The molecule has 2 N–H and O–H groups in total. The van der Waals surface area contributed by atoms with Crippen LogP contribution in [0.4, 0.5) is 0 Å². The second-order valence-electron chi connectivity index (χ2n) is 8.72. The van der Waals surface area contributed by atoms with Crippen LogP contribution in [0.15, 0.2) is 53.6 Å². The number of aromatic hydroxyl groups is 1. The monoisotopic (exact) mass is 441 g/mol. The van der Waals surface area contributed by atoms with Gasteiger partial charge in [0.05, 0.1) is 25.2 Å². The molecule has 1 aliphatic heterocycles. The van der Waals surface area contributed by atoms with Crippen LogP contribution in [0.1, 0.15) is 45.8 Å². The van der Waals surface area contributed by atoms with E-state index in [9.17, 15) is 9.90 Å². The maximum atomic E-state index is 11.6. The molecule has 1 aromatic heterocycles. The highest BCUT2D eigenvalue weighted by molar-refractivity contribution is 5.48. The number of aromatic amines is 1. The van der Waals surface area contributed by atoms with Gasteiger partial charge >= 0.3 is 0 Å². The van der Waals surface area contributed by atoms with Gasteiger partial charge in [0.15, 0.2) is 0 Å². The second-order valence-corrected chi connectivity index (χ2v) is 8.72. The van der Waals surface area contributed by atoms with Crippen molar-refractivity contribution >= 4 is 0 Å². The van der Waals surface area contributed by atoms with Gasteiger partial charge in [-0.25, -0.2) is 4.98 Å². The molecule has 0 spiro atoms. The Hall–Kier alpha value is -3.40. The summed E-state index contributed by atoms with van der Waals surface area (Å²) in [6.07, 6.45) is 3.85. The van der Waals surface area contributed by atoms with E-state index < -0.39 is 5.56 Å². The normalized spacial score (nSPS) is 17.9. The highest BCUT2D eigenvalue weighted by Crippen LogP contribution is 2.36. The molecule has 1 fully saturated rings. The van der Waals surface area contributed by atoms with E-state index in [-0.39, 0.29) is 11.7 Å². The van der Waals surface area contributed by atoms with E-state index in [0.29, 0.717) is 12.1 Å². The summed E-state index contributed by atoms with van der Waals surface area (Å²) in [4.78, 5) is 20.6. The van der Waals surface area contributed by atoms with E-state index in [4.69, 9.17) is 4.74 Å². The summed E-state index contributed by atoms with van der Waals surface area (Å²) >= 11 is 0. The molecule has 2 heterocycles. The fourth-order valence-corrected chi connectivity index (χ4v) is 4.66. The zero-order chi connectivity index (χ0) is 22.6. The third-order valence-corrected chi connectivity index (χ3v) is 6.50. The number of hydrogen-bond donors (Lipinski definition) is 2. The van der Waals surface area contributed by atoms with Crippen LogP contribution in [0.5, 0.6) is 5.75 Å². The molecule has 0 amide bonds. The summed E-state index contributed by atoms with van der Waals surface area (Å²) < 4.78 is 5.41. The van der Waals surface area contributed by atoms with Crippen molar-refractivity contribution in [3.05, 3.63) is 92.7 Å². The van der Waals surface area contributed by atoms with Crippen LogP contribution < -0.4 is 5.56 Å². The largest absolute Gasteiger partial charge is 0.502 e. The minimum atomic E-state index is -0.488. The van der Waals surface area contributed by atoms with E-state index in [0.717, 1.165) is 56.8 Å². The van der Waals surface area contributed by atoms with Crippen LogP contribution in [-0.2, 0) is 24.1 Å². The number of aromatic nitrogens is 2. The fraction of sp³-hybridized carbons (Fsp3) is 0.333. The Morgan fingerprint density at radius 1 is 1.09 bits per heavy atom. The number of nitrogens with zero attached hydrogens (tertiary/aromatic N) is 2. The van der Waals surface area contributed by atoms with E-state index in [1.807, 2.05) is 0 Å². The highest BCUT2D eigenvalue weighted by Gasteiger charge is 2.24. The number of rotatable bonds is 4. The van der Waals surface area contributed by atoms with Crippen molar-refractivity contribution in [3.8, 4) is 17.6 Å². The number of hydrogen-bond acceptors (Lipinski definition) is 5. The van der Waals surface area contributed by atoms with E-state index in [1.165, 1.54) is 23.0 Å². The number of benzene rings is 2. The van der Waals surface area contributed by atoms with Gasteiger partial charge in [-0.1, -0.05) is 30.0 Å². The first-order valence-electron chi connectivity index (χ1n) is 11.4. The van der Waals surface area contributed by atoms with Crippen molar-refractivity contribution in [2.45, 2.75) is 31.7 Å². The number of nitrogens with one attached hydrogen (secondary N) is 1. The van der Waals surface area contributed by atoms with Gasteiger partial charge in [0.2, 0.25) is 5.75 Å². The Kier molecular flexibility index (Phi) is 6.25. The minimum absolute atomic E-state index is 0.251. The van der Waals surface area contributed by atoms with Crippen LogP contribution in [-0.4, -0.2) is 46.3 Å². The molecule has 2 aliphatic rings. The average molecular weight is 442 g/mol. The van der Waals surface area contributed by atoms with Gasteiger partial charge in [-0.2, -0.15) is 0 Å². The Morgan fingerprint density at radius 3 is 2.67 bits per heavy atom. The molecule has 1 unspecified atom stereocenters. The first kappa shape index (κ1) is 21.4. The lowest BCUT2D eigenvalue weighted by Gasteiger charge is -2.26. The van der Waals surface area contributed by atoms with Gasteiger partial charge in [0.1, 0.15) is 0 Å². The molecule has 168 valence electrons. The van der Waals surface area contributed by atoms with Crippen molar-refractivity contribution in [3.63, 3.8) is 0 Å². The number of fused-ring (bicyclic) bond motifs is 1. The molecule has 6 nitrogen and oxygen atoms in total. The van der Waals surface area contributed by atoms with Gasteiger partial charge in [-0.15, -0.1) is 0 Å². The topological polar surface area (TPSA) is 78.5 Å². The first-order chi connectivity index (χ1) is 16.2. The summed E-state index contributed by atoms with van der Waals surface area (Å²) in [5, 5.41) is 10.00. The van der Waals surface area contributed by atoms with Crippen molar-refractivity contribution in [1.29, 1.82) is 0 Å². The summed E-state index contributed by atoms with van der Waals surface area (Å²) in [6.45, 7) is 4.56. The van der Waals surface area contributed by atoms with Crippen LogP contribution in [0.25, 0.3) is 0 Å². The molecule has 1 saturated heterocycles. The molecule has 5 rings (SSSR count). The van der Waals surface area contributed by atoms with E-state index in [1.54, 1.807) is 0 Å². The van der Waals surface area contributed by atoms with Crippen molar-refractivity contribution in [1.82, 2.24) is 14.9 Å². The van der Waals surface area contributed by atoms with Crippen molar-refractivity contribution in [2.75, 3.05) is 26.3 Å². The zero-order valence-electron chi connectivity index (χ0n) is 18.5. The summed E-state index contributed by atoms with van der Waals surface area (Å²) in [5.74, 6) is 6.56. The van der Waals surface area contributed by atoms with Crippen molar-refractivity contribution < 1.29 is 9.84 Å². The number of ether oxygens (including phenoxy) is 1. The number of H-pyrrole nitrogens is 1. The first-order valence-corrected chi connectivity index (χ1v) is 11.4. The lowest BCUT2D eigenvalue weighted by atomic mass is 9.95. The fourth-order valence-electron chi connectivity index (χ4n) is 4.66. The maximum Gasteiger partial charge on any atom is 0.293 e. The zero-order valence-corrected chi connectivity index (χ0v) is 18.5. The van der Waals surface area contributed by atoms with Gasteiger partial charge < -0.3 is 14.8 Å². The molecular formula is C27H27N3O3. The molecule has 1 atom stereocenters. The van der Waals surface area contributed by atoms with Gasteiger partial charge in [0, 0.05) is 37.2 Å². The van der Waals surface area contributed by atoms with Crippen LogP contribution in [0.3, 0.4) is 0 Å². The Bertz CT molecular complexity index is 1250. The van der Waals surface area contributed by atoms with Gasteiger partial charge in [0.25, 0.3) is 5.56 Å². The summed E-state index contributed by atoms with van der Waals surface area (Å²) in [7, 11) is 0.